The first-order chi connectivity index (χ1) is 11.9. The van der Waals surface area contributed by atoms with Gasteiger partial charge in [0.15, 0.2) is 0 Å². The van der Waals surface area contributed by atoms with E-state index in [1.54, 1.807) is 24.3 Å². The number of carbonyl (C=O) groups excluding carboxylic acids is 3. The van der Waals surface area contributed by atoms with Gasteiger partial charge in [-0.05, 0) is 18.1 Å². The van der Waals surface area contributed by atoms with E-state index in [9.17, 15) is 14.4 Å². The Hall–Kier alpha value is -2.08. The van der Waals surface area contributed by atoms with Crippen molar-refractivity contribution in [2.75, 3.05) is 18.6 Å². The Balaban J connectivity index is 2.09. The smallest absolute Gasteiger partial charge is 0.328 e. The largest absolute Gasteiger partial charge is 0.467 e. The third-order valence-electron chi connectivity index (χ3n) is 4.60. The van der Waals surface area contributed by atoms with Crippen LogP contribution in [0.2, 0.25) is 5.02 Å². The van der Waals surface area contributed by atoms with Gasteiger partial charge in [0, 0.05) is 13.0 Å². The maximum Gasteiger partial charge on any atom is 0.328 e. The minimum atomic E-state index is -0.716. The molecule has 2 amide bonds. The van der Waals surface area contributed by atoms with E-state index < -0.39 is 17.9 Å². The van der Waals surface area contributed by atoms with Crippen LogP contribution < -0.4 is 10.2 Å². The van der Waals surface area contributed by atoms with Crippen LogP contribution in [0.3, 0.4) is 0 Å². The summed E-state index contributed by atoms with van der Waals surface area (Å²) in [6, 6.07) is 6.30. The van der Waals surface area contributed by atoms with E-state index in [1.165, 1.54) is 12.0 Å². The normalized spacial score (nSPS) is 19.4. The zero-order valence-electron chi connectivity index (χ0n) is 14.6. The van der Waals surface area contributed by atoms with Crippen LogP contribution in [0.25, 0.3) is 0 Å². The fourth-order valence-corrected chi connectivity index (χ4v) is 3.09. The van der Waals surface area contributed by atoms with Gasteiger partial charge in [-0.15, -0.1) is 0 Å². The monoisotopic (exact) mass is 366 g/mol. The Morgan fingerprint density at radius 2 is 2.08 bits per heavy atom. The molecule has 1 saturated heterocycles. The minimum Gasteiger partial charge on any atom is -0.467 e. The third kappa shape index (κ3) is 4.31. The Bertz CT molecular complexity index is 664. The number of methoxy groups -OCH3 is 1. The molecule has 7 heteroatoms. The predicted molar refractivity (Wildman–Crippen MR) is 95.3 cm³/mol. The molecule has 1 heterocycles. The molecule has 0 aliphatic carbocycles. The van der Waals surface area contributed by atoms with Gasteiger partial charge in [-0.1, -0.05) is 44.0 Å². The molecule has 1 aromatic rings. The predicted octanol–water partition coefficient (Wildman–Crippen LogP) is 2.40. The number of halogens is 1. The van der Waals surface area contributed by atoms with Crippen LogP contribution in [0.15, 0.2) is 24.3 Å². The lowest BCUT2D eigenvalue weighted by Crippen LogP contribution is -2.48. The van der Waals surface area contributed by atoms with Gasteiger partial charge in [0.05, 0.1) is 23.7 Å². The summed E-state index contributed by atoms with van der Waals surface area (Å²) in [6.07, 6.45) is 0.806. The van der Waals surface area contributed by atoms with Crippen LogP contribution in [-0.4, -0.2) is 37.5 Å². The molecule has 1 N–H and O–H groups in total. The molecule has 3 atom stereocenters. The molecule has 3 unspecified atom stereocenters. The van der Waals surface area contributed by atoms with Crippen molar-refractivity contribution in [3.8, 4) is 0 Å². The molecule has 2 rings (SSSR count). The maximum absolute atomic E-state index is 12.6. The van der Waals surface area contributed by atoms with Gasteiger partial charge in [0.25, 0.3) is 0 Å². The lowest BCUT2D eigenvalue weighted by atomic mass is 9.98. The van der Waals surface area contributed by atoms with Crippen LogP contribution in [0.5, 0.6) is 0 Å². The van der Waals surface area contributed by atoms with Gasteiger partial charge in [0.2, 0.25) is 11.8 Å². The van der Waals surface area contributed by atoms with Gasteiger partial charge in [0.1, 0.15) is 6.04 Å². The van der Waals surface area contributed by atoms with Crippen molar-refractivity contribution in [3.05, 3.63) is 29.3 Å². The second-order valence-electron chi connectivity index (χ2n) is 6.25. The highest BCUT2D eigenvalue weighted by atomic mass is 35.5. The van der Waals surface area contributed by atoms with E-state index >= 15 is 0 Å². The van der Waals surface area contributed by atoms with Crippen LogP contribution >= 0.6 is 11.6 Å². The number of hydrogen-bond donors (Lipinski definition) is 1. The molecule has 0 radical (unpaired) electrons. The lowest BCUT2D eigenvalue weighted by Gasteiger charge is -2.23. The highest BCUT2D eigenvalue weighted by Crippen LogP contribution is 2.31. The van der Waals surface area contributed by atoms with Crippen molar-refractivity contribution >= 4 is 35.1 Å². The number of benzene rings is 1. The Morgan fingerprint density at radius 1 is 1.40 bits per heavy atom. The van der Waals surface area contributed by atoms with Gasteiger partial charge in [-0.25, -0.2) is 4.79 Å². The van der Waals surface area contributed by atoms with Crippen molar-refractivity contribution < 1.29 is 19.1 Å². The Morgan fingerprint density at radius 3 is 2.68 bits per heavy atom. The Kier molecular flexibility index (Phi) is 6.42. The lowest BCUT2D eigenvalue weighted by molar-refractivity contribution is -0.147. The zero-order chi connectivity index (χ0) is 18.6. The summed E-state index contributed by atoms with van der Waals surface area (Å²) in [6.45, 7) is 4.05. The number of ether oxygens (including phenoxy) is 1. The van der Waals surface area contributed by atoms with E-state index in [2.05, 4.69) is 5.32 Å². The fourth-order valence-electron chi connectivity index (χ4n) is 2.85. The maximum atomic E-state index is 12.6. The second kappa shape index (κ2) is 8.34. The molecule has 1 fully saturated rings. The average molecular weight is 367 g/mol. The summed E-state index contributed by atoms with van der Waals surface area (Å²) in [5.74, 6) is -1.55. The number of amides is 2. The summed E-state index contributed by atoms with van der Waals surface area (Å²) < 4.78 is 4.78. The molecule has 0 saturated carbocycles. The number of nitrogens with one attached hydrogen (secondary N) is 1. The third-order valence-corrected chi connectivity index (χ3v) is 4.92. The summed E-state index contributed by atoms with van der Waals surface area (Å²) in [5, 5.41) is 3.20. The highest BCUT2D eigenvalue weighted by Gasteiger charge is 2.38. The van der Waals surface area contributed by atoms with E-state index in [1.807, 2.05) is 13.8 Å². The van der Waals surface area contributed by atoms with Crippen LogP contribution in [0.1, 0.15) is 26.7 Å². The first kappa shape index (κ1) is 19.2. The highest BCUT2D eigenvalue weighted by molar-refractivity contribution is 6.33. The molecular formula is C18H23ClN2O4. The molecule has 25 heavy (non-hydrogen) atoms. The van der Waals surface area contributed by atoms with Crippen molar-refractivity contribution in [1.29, 1.82) is 0 Å². The SMILES string of the molecule is CCC(C)C(NC(=O)C1CC(=O)N(c2ccccc2Cl)C1)C(=O)OC. The molecule has 0 aromatic heterocycles. The number of para-hydroxylation sites is 1. The molecule has 6 nitrogen and oxygen atoms in total. The quantitative estimate of drug-likeness (QED) is 0.784. The van der Waals surface area contributed by atoms with Crippen LogP contribution in [-0.2, 0) is 19.1 Å². The van der Waals surface area contributed by atoms with Crippen molar-refractivity contribution in [2.45, 2.75) is 32.7 Å². The van der Waals surface area contributed by atoms with Gasteiger partial charge >= 0.3 is 5.97 Å². The molecule has 0 spiro atoms. The van der Waals surface area contributed by atoms with E-state index in [4.69, 9.17) is 16.3 Å². The van der Waals surface area contributed by atoms with Gasteiger partial charge in [-0.2, -0.15) is 0 Å². The first-order valence-electron chi connectivity index (χ1n) is 8.32. The molecule has 0 bridgehead atoms. The van der Waals surface area contributed by atoms with Crippen LogP contribution in [0, 0.1) is 11.8 Å². The summed E-state index contributed by atoms with van der Waals surface area (Å²) in [7, 11) is 1.29. The second-order valence-corrected chi connectivity index (χ2v) is 6.66. The molecule has 1 aliphatic rings. The molecular weight excluding hydrogens is 344 g/mol. The standard InChI is InChI=1S/C18H23ClN2O4/c1-4-11(2)16(18(24)25-3)20-17(23)12-9-15(22)21(10-12)14-8-6-5-7-13(14)19/h5-8,11-12,16H,4,9-10H2,1-3H3,(H,20,23). The first-order valence-corrected chi connectivity index (χ1v) is 8.69. The zero-order valence-corrected chi connectivity index (χ0v) is 15.4. The average Bonchev–Trinajstić information content (AvgIpc) is 3.00. The van der Waals surface area contributed by atoms with Gasteiger partial charge < -0.3 is 15.0 Å². The number of nitrogens with zero attached hydrogens (tertiary/aromatic N) is 1. The van der Waals surface area contributed by atoms with E-state index in [0.717, 1.165) is 6.42 Å². The molecule has 136 valence electrons. The Labute approximate surface area is 152 Å². The summed E-state index contributed by atoms with van der Waals surface area (Å²) in [5.41, 5.74) is 0.593. The van der Waals surface area contributed by atoms with E-state index in [-0.39, 0.29) is 30.7 Å². The summed E-state index contributed by atoms with van der Waals surface area (Å²) >= 11 is 6.15. The number of rotatable bonds is 6. The van der Waals surface area contributed by atoms with Crippen molar-refractivity contribution in [2.24, 2.45) is 11.8 Å². The van der Waals surface area contributed by atoms with Gasteiger partial charge in [-0.3, -0.25) is 9.59 Å². The number of esters is 1. The van der Waals surface area contributed by atoms with Crippen LogP contribution in [0.4, 0.5) is 5.69 Å². The minimum absolute atomic E-state index is 0.0619. The van der Waals surface area contributed by atoms with Crippen molar-refractivity contribution in [3.63, 3.8) is 0 Å². The number of carbonyl (C=O) groups is 3. The summed E-state index contributed by atoms with van der Waals surface area (Å²) in [4.78, 5) is 38.3. The van der Waals surface area contributed by atoms with E-state index in [0.29, 0.717) is 10.7 Å². The number of anilines is 1. The van der Waals surface area contributed by atoms with Crippen molar-refractivity contribution in [1.82, 2.24) is 5.32 Å². The topological polar surface area (TPSA) is 75.7 Å². The molecule has 1 aromatic carbocycles. The number of hydrogen-bond acceptors (Lipinski definition) is 4. The molecule has 1 aliphatic heterocycles. The fraction of sp³-hybridized carbons (Fsp3) is 0.500.